The molecule has 2 aliphatic heterocycles. The number of carbonyl (C=O) groups excluding carboxylic acids is 1. The molecule has 0 unspecified atom stereocenters. The minimum absolute atomic E-state index is 0.0100. The number of fused-ring (bicyclic) bond motifs is 2. The SMILES string of the molecule is O=C(CN1CC[C@@]2(O)CCCC[C@H]2[C@@H]1c1ccc2c(c1)OCO2)NCc1ccccc1. The van der Waals surface area contributed by atoms with Crippen LogP contribution in [0.15, 0.2) is 48.5 Å². The van der Waals surface area contributed by atoms with Crippen molar-refractivity contribution in [2.45, 2.75) is 50.3 Å². The second-order valence-electron chi connectivity index (χ2n) is 9.00. The quantitative estimate of drug-likeness (QED) is 0.773. The highest BCUT2D eigenvalue weighted by molar-refractivity contribution is 5.78. The van der Waals surface area contributed by atoms with E-state index in [1.165, 1.54) is 0 Å². The summed E-state index contributed by atoms with van der Waals surface area (Å²) in [6.45, 7) is 1.78. The van der Waals surface area contributed by atoms with Crippen LogP contribution in [0.1, 0.15) is 49.3 Å². The number of likely N-dealkylation sites (tertiary alicyclic amines) is 1. The van der Waals surface area contributed by atoms with Gasteiger partial charge in [0.05, 0.1) is 12.1 Å². The fraction of sp³-hybridized carbons (Fsp3) is 0.480. The Bertz CT molecular complexity index is 934. The predicted molar refractivity (Wildman–Crippen MR) is 117 cm³/mol. The van der Waals surface area contributed by atoms with Crippen LogP contribution in [-0.4, -0.2) is 41.4 Å². The van der Waals surface area contributed by atoms with Gasteiger partial charge in [-0.25, -0.2) is 0 Å². The molecule has 1 amide bonds. The van der Waals surface area contributed by atoms with Gasteiger partial charge in [-0.15, -0.1) is 0 Å². The lowest BCUT2D eigenvalue weighted by Gasteiger charge is -2.52. The van der Waals surface area contributed by atoms with E-state index in [1.54, 1.807) is 0 Å². The van der Waals surface area contributed by atoms with Gasteiger partial charge in [0.1, 0.15) is 0 Å². The lowest BCUT2D eigenvalue weighted by atomic mass is 9.66. The standard InChI is InChI=1S/C25H30N2O4/c28-23(26-15-18-6-2-1-3-7-18)16-27-13-12-25(29)11-5-4-8-20(25)24(27)19-9-10-21-22(14-19)31-17-30-21/h1-3,6-7,9-10,14,20,24,29H,4-5,8,11-13,15-17H2,(H,26,28)/t20-,24-,25-/m0/s1. The summed E-state index contributed by atoms with van der Waals surface area (Å²) in [5, 5.41) is 14.5. The van der Waals surface area contributed by atoms with Crippen molar-refractivity contribution < 1.29 is 19.4 Å². The molecule has 2 N–H and O–H groups in total. The molecule has 31 heavy (non-hydrogen) atoms. The van der Waals surface area contributed by atoms with Crippen molar-refractivity contribution in [3.63, 3.8) is 0 Å². The Hall–Kier alpha value is -2.57. The highest BCUT2D eigenvalue weighted by Crippen LogP contribution is 2.50. The molecule has 1 aliphatic carbocycles. The van der Waals surface area contributed by atoms with Gasteiger partial charge >= 0.3 is 0 Å². The Labute approximate surface area is 183 Å². The van der Waals surface area contributed by atoms with Crippen molar-refractivity contribution in [3.8, 4) is 11.5 Å². The number of aliphatic hydroxyl groups is 1. The number of nitrogens with one attached hydrogen (secondary N) is 1. The number of hydrogen-bond acceptors (Lipinski definition) is 5. The summed E-state index contributed by atoms with van der Waals surface area (Å²) in [5.74, 6) is 1.62. The zero-order chi connectivity index (χ0) is 21.3. The average molecular weight is 423 g/mol. The Morgan fingerprint density at radius 2 is 1.94 bits per heavy atom. The second kappa shape index (κ2) is 8.52. The maximum Gasteiger partial charge on any atom is 0.234 e. The van der Waals surface area contributed by atoms with Crippen molar-refractivity contribution >= 4 is 5.91 Å². The normalized spacial score (nSPS) is 27.5. The van der Waals surface area contributed by atoms with Crippen LogP contribution in [0.3, 0.4) is 0 Å². The zero-order valence-electron chi connectivity index (χ0n) is 17.8. The van der Waals surface area contributed by atoms with Gasteiger partial charge in [-0.2, -0.15) is 0 Å². The molecule has 3 atom stereocenters. The molecule has 0 bridgehead atoms. The molecular weight excluding hydrogens is 392 g/mol. The summed E-state index contributed by atoms with van der Waals surface area (Å²) in [6.07, 6.45) is 4.70. The monoisotopic (exact) mass is 422 g/mol. The number of hydrogen-bond donors (Lipinski definition) is 2. The molecule has 0 radical (unpaired) electrons. The lowest BCUT2D eigenvalue weighted by molar-refractivity contribution is -0.138. The van der Waals surface area contributed by atoms with Gasteiger partial charge in [-0.1, -0.05) is 49.2 Å². The maximum atomic E-state index is 12.8. The van der Waals surface area contributed by atoms with Crippen LogP contribution in [0.2, 0.25) is 0 Å². The summed E-state index contributed by atoms with van der Waals surface area (Å²) in [4.78, 5) is 15.1. The van der Waals surface area contributed by atoms with Crippen LogP contribution in [0.5, 0.6) is 11.5 Å². The molecule has 2 fully saturated rings. The molecule has 0 spiro atoms. The predicted octanol–water partition coefficient (Wildman–Crippen LogP) is 3.40. The Kier molecular flexibility index (Phi) is 5.59. The first-order valence-corrected chi connectivity index (χ1v) is 11.3. The minimum atomic E-state index is -0.656. The fourth-order valence-corrected chi connectivity index (χ4v) is 5.50. The zero-order valence-corrected chi connectivity index (χ0v) is 17.8. The molecule has 5 rings (SSSR count). The van der Waals surface area contributed by atoms with E-state index in [-0.39, 0.29) is 24.7 Å². The van der Waals surface area contributed by atoms with Crippen LogP contribution in [-0.2, 0) is 11.3 Å². The van der Waals surface area contributed by atoms with E-state index in [2.05, 4.69) is 16.3 Å². The van der Waals surface area contributed by atoms with Gasteiger partial charge in [0.2, 0.25) is 12.7 Å². The smallest absolute Gasteiger partial charge is 0.234 e. The number of benzene rings is 2. The van der Waals surface area contributed by atoms with Gasteiger partial charge in [0, 0.05) is 25.0 Å². The Balaban J connectivity index is 1.36. The summed E-state index contributed by atoms with van der Waals surface area (Å²) in [5.41, 5.74) is 1.52. The van der Waals surface area contributed by atoms with Crippen LogP contribution in [0.4, 0.5) is 0 Å². The Morgan fingerprint density at radius 1 is 1.10 bits per heavy atom. The van der Waals surface area contributed by atoms with E-state index < -0.39 is 5.60 Å². The van der Waals surface area contributed by atoms with Gasteiger partial charge < -0.3 is 19.9 Å². The molecule has 3 aliphatic rings. The first-order valence-electron chi connectivity index (χ1n) is 11.3. The van der Waals surface area contributed by atoms with Gasteiger partial charge in [-0.05, 0) is 42.5 Å². The first kappa shape index (κ1) is 20.3. The molecule has 2 aromatic rings. The van der Waals surface area contributed by atoms with Crippen molar-refractivity contribution in [3.05, 3.63) is 59.7 Å². The van der Waals surface area contributed by atoms with E-state index in [0.717, 1.165) is 48.3 Å². The molecular formula is C25H30N2O4. The van der Waals surface area contributed by atoms with Crippen molar-refractivity contribution in [1.29, 1.82) is 0 Å². The van der Waals surface area contributed by atoms with E-state index in [9.17, 15) is 9.90 Å². The molecule has 1 saturated carbocycles. The molecule has 1 saturated heterocycles. The fourth-order valence-electron chi connectivity index (χ4n) is 5.50. The van der Waals surface area contributed by atoms with Gasteiger partial charge in [0.15, 0.2) is 11.5 Å². The average Bonchev–Trinajstić information content (AvgIpc) is 3.26. The summed E-state index contributed by atoms with van der Waals surface area (Å²) in [7, 11) is 0. The van der Waals surface area contributed by atoms with E-state index >= 15 is 0 Å². The highest BCUT2D eigenvalue weighted by Gasteiger charge is 2.49. The third-order valence-corrected chi connectivity index (χ3v) is 7.09. The van der Waals surface area contributed by atoms with Gasteiger partial charge in [-0.3, -0.25) is 9.69 Å². The van der Waals surface area contributed by atoms with Crippen LogP contribution < -0.4 is 14.8 Å². The summed E-state index contributed by atoms with van der Waals surface area (Å²) in [6, 6.07) is 16.0. The van der Waals surface area contributed by atoms with E-state index in [1.807, 2.05) is 42.5 Å². The number of amides is 1. The van der Waals surface area contributed by atoms with Crippen LogP contribution in [0, 0.1) is 5.92 Å². The third kappa shape index (κ3) is 4.14. The third-order valence-electron chi connectivity index (χ3n) is 7.09. The van der Waals surface area contributed by atoms with Crippen molar-refractivity contribution in [2.24, 2.45) is 5.92 Å². The highest BCUT2D eigenvalue weighted by atomic mass is 16.7. The maximum absolute atomic E-state index is 12.8. The van der Waals surface area contributed by atoms with E-state index in [0.29, 0.717) is 26.1 Å². The number of piperidine rings is 1. The number of carbonyl (C=O) groups is 1. The lowest BCUT2D eigenvalue weighted by Crippen LogP contribution is -2.56. The topological polar surface area (TPSA) is 71.0 Å². The number of ether oxygens (including phenoxy) is 2. The van der Waals surface area contributed by atoms with Crippen molar-refractivity contribution in [2.75, 3.05) is 19.9 Å². The second-order valence-corrected chi connectivity index (χ2v) is 9.00. The summed E-state index contributed by atoms with van der Waals surface area (Å²) < 4.78 is 11.1. The Morgan fingerprint density at radius 3 is 2.81 bits per heavy atom. The number of rotatable bonds is 5. The largest absolute Gasteiger partial charge is 0.454 e. The minimum Gasteiger partial charge on any atom is -0.454 e. The molecule has 0 aromatic heterocycles. The molecule has 6 heteroatoms. The van der Waals surface area contributed by atoms with Gasteiger partial charge in [0.25, 0.3) is 0 Å². The molecule has 6 nitrogen and oxygen atoms in total. The van der Waals surface area contributed by atoms with E-state index in [4.69, 9.17) is 9.47 Å². The molecule has 164 valence electrons. The molecule has 2 heterocycles. The summed E-state index contributed by atoms with van der Waals surface area (Å²) >= 11 is 0. The van der Waals surface area contributed by atoms with Crippen molar-refractivity contribution in [1.82, 2.24) is 10.2 Å². The first-order chi connectivity index (χ1) is 15.1. The van der Waals surface area contributed by atoms with Crippen LogP contribution >= 0.6 is 0 Å². The number of nitrogens with zero attached hydrogens (tertiary/aromatic N) is 1. The van der Waals surface area contributed by atoms with Crippen LogP contribution in [0.25, 0.3) is 0 Å². The molecule has 2 aromatic carbocycles.